The molecule has 130 valence electrons. The number of nitrogens with zero attached hydrogens (tertiary/aromatic N) is 1. The van der Waals surface area contributed by atoms with Crippen LogP contribution in [-0.4, -0.2) is 26.4 Å². The Labute approximate surface area is 151 Å². The molecule has 0 aliphatic heterocycles. The lowest BCUT2D eigenvalue weighted by Crippen LogP contribution is -2.18. The van der Waals surface area contributed by atoms with Crippen LogP contribution in [0.2, 0.25) is 5.02 Å². The molecule has 6 nitrogen and oxygen atoms in total. The van der Waals surface area contributed by atoms with Gasteiger partial charge in [-0.2, -0.15) is 0 Å². The summed E-state index contributed by atoms with van der Waals surface area (Å²) in [7, 11) is -2.27. The predicted molar refractivity (Wildman–Crippen MR) is 95.2 cm³/mol. The van der Waals surface area contributed by atoms with Crippen molar-refractivity contribution in [2.75, 3.05) is 12.4 Å². The number of halogens is 2. The monoisotopic (exact) mass is 399 g/mol. The van der Waals surface area contributed by atoms with E-state index in [4.69, 9.17) is 11.6 Å². The van der Waals surface area contributed by atoms with Crippen LogP contribution >= 0.6 is 22.9 Å². The summed E-state index contributed by atoms with van der Waals surface area (Å²) in [5.74, 6) is -1.47. The topological polar surface area (TPSA) is 88.2 Å². The number of nitrogens with one attached hydrogen (secondary N) is 2. The van der Waals surface area contributed by atoms with Crippen molar-refractivity contribution in [1.29, 1.82) is 0 Å². The fourth-order valence-corrected chi connectivity index (χ4v) is 4.10. The van der Waals surface area contributed by atoms with Crippen molar-refractivity contribution < 1.29 is 17.6 Å². The molecule has 0 radical (unpaired) electrons. The number of benzene rings is 2. The number of fused-ring (bicyclic) bond motifs is 1. The van der Waals surface area contributed by atoms with E-state index in [9.17, 15) is 17.6 Å². The van der Waals surface area contributed by atoms with Gasteiger partial charge < -0.3 is 0 Å². The fraction of sp³-hybridized carbons (Fsp3) is 0.0667. The van der Waals surface area contributed by atoms with Crippen molar-refractivity contribution in [3.63, 3.8) is 0 Å². The summed E-state index contributed by atoms with van der Waals surface area (Å²) in [6.45, 7) is 0. The summed E-state index contributed by atoms with van der Waals surface area (Å²) >= 11 is 6.94. The summed E-state index contributed by atoms with van der Waals surface area (Å²) in [6.07, 6.45) is 0. The Morgan fingerprint density at radius 1 is 1.28 bits per heavy atom. The lowest BCUT2D eigenvalue weighted by molar-refractivity contribution is 0.102. The van der Waals surface area contributed by atoms with Crippen molar-refractivity contribution in [3.05, 3.63) is 52.8 Å². The Hall–Kier alpha value is -2.07. The number of amides is 1. The highest BCUT2D eigenvalue weighted by Crippen LogP contribution is 2.29. The first-order valence-corrected chi connectivity index (χ1v) is 9.59. The highest BCUT2D eigenvalue weighted by atomic mass is 35.5. The average molecular weight is 400 g/mol. The molecule has 2 aromatic carbocycles. The summed E-state index contributed by atoms with van der Waals surface area (Å²) in [5, 5.41) is 2.67. The van der Waals surface area contributed by atoms with E-state index in [-0.39, 0.29) is 20.6 Å². The maximum Gasteiger partial charge on any atom is 0.261 e. The van der Waals surface area contributed by atoms with Crippen molar-refractivity contribution in [2.45, 2.75) is 4.90 Å². The van der Waals surface area contributed by atoms with Gasteiger partial charge in [-0.15, -0.1) is 0 Å². The number of rotatable bonds is 4. The SMILES string of the molecule is CNS(=O)(=O)c1ccc2nc(NC(=O)c3c(F)cccc3Cl)sc2c1. The van der Waals surface area contributed by atoms with E-state index >= 15 is 0 Å². The van der Waals surface area contributed by atoms with Gasteiger partial charge in [0.05, 0.1) is 25.7 Å². The second-order valence-electron chi connectivity index (χ2n) is 4.91. The minimum Gasteiger partial charge on any atom is -0.298 e. The highest BCUT2D eigenvalue weighted by Gasteiger charge is 2.18. The van der Waals surface area contributed by atoms with Crippen LogP contribution < -0.4 is 10.0 Å². The molecule has 1 amide bonds. The quantitative estimate of drug-likeness (QED) is 0.704. The molecular weight excluding hydrogens is 389 g/mol. The molecule has 0 aliphatic rings. The largest absolute Gasteiger partial charge is 0.298 e. The molecule has 3 aromatic rings. The van der Waals surface area contributed by atoms with Gasteiger partial charge in [0.15, 0.2) is 5.13 Å². The molecule has 0 unspecified atom stereocenters. The molecule has 0 bridgehead atoms. The van der Waals surface area contributed by atoms with E-state index in [0.717, 1.165) is 17.4 Å². The molecule has 0 aliphatic carbocycles. The molecule has 0 saturated carbocycles. The van der Waals surface area contributed by atoms with E-state index < -0.39 is 21.7 Å². The molecule has 0 atom stereocenters. The number of carbonyl (C=O) groups is 1. The zero-order chi connectivity index (χ0) is 18.2. The van der Waals surface area contributed by atoms with Crippen LogP contribution in [0.15, 0.2) is 41.3 Å². The minimum absolute atomic E-state index is 0.0130. The molecule has 25 heavy (non-hydrogen) atoms. The van der Waals surface area contributed by atoms with Gasteiger partial charge in [0.2, 0.25) is 10.0 Å². The van der Waals surface area contributed by atoms with Gasteiger partial charge in [0, 0.05) is 0 Å². The lowest BCUT2D eigenvalue weighted by atomic mass is 10.2. The third-order valence-electron chi connectivity index (χ3n) is 3.35. The first-order valence-electron chi connectivity index (χ1n) is 6.91. The van der Waals surface area contributed by atoms with Crippen LogP contribution in [0.1, 0.15) is 10.4 Å². The molecule has 0 spiro atoms. The van der Waals surface area contributed by atoms with Crippen LogP contribution in [0.25, 0.3) is 10.2 Å². The third-order valence-corrected chi connectivity index (χ3v) is 6.01. The Bertz CT molecular complexity index is 1060. The molecule has 3 rings (SSSR count). The normalized spacial score (nSPS) is 11.6. The molecule has 1 heterocycles. The highest BCUT2D eigenvalue weighted by molar-refractivity contribution is 7.89. The van der Waals surface area contributed by atoms with E-state index in [1.807, 2.05) is 0 Å². The Kier molecular flexibility index (Phi) is 4.74. The average Bonchev–Trinajstić information content (AvgIpc) is 2.95. The van der Waals surface area contributed by atoms with E-state index in [0.29, 0.717) is 10.2 Å². The van der Waals surface area contributed by atoms with Crippen LogP contribution in [0.3, 0.4) is 0 Å². The Balaban J connectivity index is 1.94. The number of thiazole rings is 1. The second kappa shape index (κ2) is 6.68. The lowest BCUT2D eigenvalue weighted by Gasteiger charge is -2.04. The first kappa shape index (κ1) is 17.7. The maximum absolute atomic E-state index is 13.8. The van der Waals surface area contributed by atoms with E-state index in [1.54, 1.807) is 0 Å². The maximum atomic E-state index is 13.8. The molecular formula is C15H11ClFN3O3S2. The molecule has 0 fully saturated rings. The summed E-state index contributed by atoms with van der Waals surface area (Å²) in [4.78, 5) is 16.5. The van der Waals surface area contributed by atoms with Crippen molar-refractivity contribution in [1.82, 2.24) is 9.71 Å². The number of sulfonamides is 1. The summed E-state index contributed by atoms with van der Waals surface area (Å²) in [6, 6.07) is 8.33. The van der Waals surface area contributed by atoms with Gasteiger partial charge in [0.25, 0.3) is 5.91 Å². The number of hydrogen-bond donors (Lipinski definition) is 2. The number of anilines is 1. The number of aromatic nitrogens is 1. The van der Waals surface area contributed by atoms with Gasteiger partial charge >= 0.3 is 0 Å². The Morgan fingerprint density at radius 3 is 2.72 bits per heavy atom. The van der Waals surface area contributed by atoms with Gasteiger partial charge in [-0.3, -0.25) is 10.1 Å². The second-order valence-corrected chi connectivity index (χ2v) is 8.23. The zero-order valence-electron chi connectivity index (χ0n) is 12.7. The zero-order valence-corrected chi connectivity index (χ0v) is 15.1. The van der Waals surface area contributed by atoms with Crippen molar-refractivity contribution >= 4 is 54.2 Å². The van der Waals surface area contributed by atoms with Crippen LogP contribution in [0.4, 0.5) is 9.52 Å². The molecule has 1 aromatic heterocycles. The van der Waals surface area contributed by atoms with Crippen LogP contribution in [0.5, 0.6) is 0 Å². The summed E-state index contributed by atoms with van der Waals surface area (Å²) < 4.78 is 40.3. The fourth-order valence-electron chi connectivity index (χ4n) is 2.12. The van der Waals surface area contributed by atoms with Gasteiger partial charge in [-0.25, -0.2) is 22.5 Å². The van der Waals surface area contributed by atoms with Crippen LogP contribution in [0, 0.1) is 5.82 Å². The summed E-state index contributed by atoms with van der Waals surface area (Å²) in [5.41, 5.74) is 0.233. The van der Waals surface area contributed by atoms with Gasteiger partial charge in [-0.05, 0) is 37.4 Å². The van der Waals surface area contributed by atoms with Gasteiger partial charge in [0.1, 0.15) is 5.82 Å². The molecule has 10 heteroatoms. The molecule has 2 N–H and O–H groups in total. The standard InChI is InChI=1S/C15H11ClFN3O3S2/c1-18-25(22,23)8-5-6-11-12(7-8)24-15(19-11)20-14(21)13-9(16)3-2-4-10(13)17/h2-7,18H,1H3,(H,19,20,21). The van der Waals surface area contributed by atoms with Crippen LogP contribution in [-0.2, 0) is 10.0 Å². The molecule has 0 saturated heterocycles. The predicted octanol–water partition coefficient (Wildman–Crippen LogP) is 3.25. The number of hydrogen-bond acceptors (Lipinski definition) is 5. The third kappa shape index (κ3) is 3.49. The van der Waals surface area contributed by atoms with E-state index in [1.165, 1.54) is 37.4 Å². The number of carbonyl (C=O) groups excluding carboxylic acids is 1. The van der Waals surface area contributed by atoms with E-state index in [2.05, 4.69) is 15.0 Å². The Morgan fingerprint density at radius 2 is 2.04 bits per heavy atom. The van der Waals surface area contributed by atoms with Gasteiger partial charge in [-0.1, -0.05) is 29.0 Å². The smallest absolute Gasteiger partial charge is 0.261 e. The van der Waals surface area contributed by atoms with Crippen molar-refractivity contribution in [2.24, 2.45) is 0 Å². The minimum atomic E-state index is -3.58. The first-order chi connectivity index (χ1) is 11.8. The van der Waals surface area contributed by atoms with Crippen molar-refractivity contribution in [3.8, 4) is 0 Å².